The minimum Gasteiger partial charge on any atom is -0.468 e. The molecule has 0 spiro atoms. The van der Waals surface area contributed by atoms with Gasteiger partial charge in [-0.15, -0.1) is 0 Å². The van der Waals surface area contributed by atoms with Crippen molar-refractivity contribution in [3.8, 4) is 5.75 Å². The van der Waals surface area contributed by atoms with E-state index >= 15 is 0 Å². The predicted octanol–water partition coefficient (Wildman–Crippen LogP) is 3.42. The number of hydrogen-bond acceptors (Lipinski definition) is 3. The number of carbonyl (C=O) groups excluding carboxylic acids is 2. The van der Waals surface area contributed by atoms with Gasteiger partial charge in [0.25, 0.3) is 0 Å². The Bertz CT molecular complexity index is 852. The zero-order valence-corrected chi connectivity index (χ0v) is 15.2. The van der Waals surface area contributed by atoms with Crippen LogP contribution < -0.4 is 15.4 Å². The van der Waals surface area contributed by atoms with Crippen molar-refractivity contribution >= 4 is 33.4 Å². The third-order valence-electron chi connectivity index (χ3n) is 4.73. The van der Waals surface area contributed by atoms with Crippen molar-refractivity contribution < 1.29 is 14.3 Å². The van der Waals surface area contributed by atoms with E-state index in [1.165, 1.54) is 0 Å². The number of fused-ring (bicyclic) bond motifs is 4. The van der Waals surface area contributed by atoms with Crippen LogP contribution in [0.15, 0.2) is 53.0 Å². The van der Waals surface area contributed by atoms with Crippen LogP contribution >= 0.6 is 15.9 Å². The Morgan fingerprint density at radius 3 is 2.72 bits per heavy atom. The quantitative estimate of drug-likeness (QED) is 0.758. The number of carbonyl (C=O) groups is 2. The maximum Gasteiger partial charge on any atom is 0.237 e. The molecule has 2 aliphatic rings. The van der Waals surface area contributed by atoms with Gasteiger partial charge in [-0.25, -0.2) is 0 Å². The normalized spacial score (nSPS) is 26.9. The summed E-state index contributed by atoms with van der Waals surface area (Å²) in [6, 6.07) is 14.9. The minimum atomic E-state index is -0.790. The lowest BCUT2D eigenvalue weighted by atomic mass is 9.74. The third kappa shape index (κ3) is 2.91. The Morgan fingerprint density at radius 1 is 1.24 bits per heavy atom. The number of amides is 2. The minimum absolute atomic E-state index is 0.209. The summed E-state index contributed by atoms with van der Waals surface area (Å²) in [5, 5.41) is 5.72. The summed E-state index contributed by atoms with van der Waals surface area (Å²) in [5.41, 5.74) is 0.797. The number of hydrogen-bond donors (Lipinski definition) is 2. The molecule has 0 radical (unpaired) electrons. The van der Waals surface area contributed by atoms with E-state index in [4.69, 9.17) is 4.74 Å². The van der Waals surface area contributed by atoms with Gasteiger partial charge in [0.05, 0.1) is 0 Å². The molecule has 2 bridgehead atoms. The smallest absolute Gasteiger partial charge is 0.237 e. The zero-order valence-electron chi connectivity index (χ0n) is 13.6. The molecule has 4 rings (SSSR count). The first-order chi connectivity index (χ1) is 12.0. The van der Waals surface area contributed by atoms with E-state index in [9.17, 15) is 9.59 Å². The highest BCUT2D eigenvalue weighted by atomic mass is 79.9. The molecule has 2 N–H and O–H groups in total. The molecule has 5 nitrogen and oxygen atoms in total. The first-order valence-electron chi connectivity index (χ1n) is 8.12. The number of rotatable bonds is 2. The van der Waals surface area contributed by atoms with E-state index in [2.05, 4.69) is 26.6 Å². The molecule has 6 heteroatoms. The lowest BCUT2D eigenvalue weighted by Crippen LogP contribution is -2.62. The zero-order chi connectivity index (χ0) is 17.6. The molecule has 2 heterocycles. The average Bonchev–Trinajstić information content (AvgIpc) is 2.56. The van der Waals surface area contributed by atoms with Crippen LogP contribution in [0.3, 0.4) is 0 Å². The summed E-state index contributed by atoms with van der Waals surface area (Å²) in [6.07, 6.45) is 0.564. The van der Waals surface area contributed by atoms with E-state index in [1.54, 1.807) is 12.1 Å². The van der Waals surface area contributed by atoms with Crippen molar-refractivity contribution in [2.45, 2.75) is 25.0 Å². The molecule has 0 unspecified atom stereocenters. The SMILES string of the molecule is C[C@@]12C[C@@H](c3ccccc3O1)[C@H](C(=O)Nc1ccc(Br)cc1)C(=O)N2. The van der Waals surface area contributed by atoms with E-state index in [0.29, 0.717) is 12.1 Å². The highest BCUT2D eigenvalue weighted by Gasteiger charge is 2.51. The van der Waals surface area contributed by atoms with Gasteiger partial charge in [0.15, 0.2) is 5.72 Å². The number of benzene rings is 2. The molecule has 2 aliphatic heterocycles. The fourth-order valence-corrected chi connectivity index (χ4v) is 3.91. The Hall–Kier alpha value is -2.34. The second kappa shape index (κ2) is 5.88. The molecule has 25 heavy (non-hydrogen) atoms. The molecule has 128 valence electrons. The van der Waals surface area contributed by atoms with Crippen LogP contribution in [0.1, 0.15) is 24.8 Å². The number of piperidine rings is 1. The summed E-state index contributed by atoms with van der Waals surface area (Å²) >= 11 is 3.37. The molecule has 0 aliphatic carbocycles. The summed E-state index contributed by atoms with van der Waals surface area (Å²) in [6.45, 7) is 1.84. The van der Waals surface area contributed by atoms with Gasteiger partial charge in [-0.1, -0.05) is 34.1 Å². The molecule has 0 aromatic heterocycles. The fraction of sp³-hybridized carbons (Fsp3) is 0.263. The Kier molecular flexibility index (Phi) is 3.80. The maximum atomic E-state index is 12.9. The van der Waals surface area contributed by atoms with Gasteiger partial charge in [-0.3, -0.25) is 9.59 Å². The first-order valence-corrected chi connectivity index (χ1v) is 8.91. The van der Waals surface area contributed by atoms with E-state index in [0.717, 1.165) is 15.8 Å². The van der Waals surface area contributed by atoms with Crippen molar-refractivity contribution in [1.82, 2.24) is 5.32 Å². The molecule has 2 aromatic carbocycles. The number of ether oxygens (including phenoxy) is 1. The van der Waals surface area contributed by atoms with Gasteiger partial charge < -0.3 is 15.4 Å². The Balaban J connectivity index is 1.66. The first kappa shape index (κ1) is 16.1. The third-order valence-corrected chi connectivity index (χ3v) is 5.26. The van der Waals surface area contributed by atoms with E-state index in [-0.39, 0.29) is 17.7 Å². The van der Waals surface area contributed by atoms with Crippen LogP contribution in [0.2, 0.25) is 0 Å². The van der Waals surface area contributed by atoms with Gasteiger partial charge in [0.2, 0.25) is 11.8 Å². The lowest BCUT2D eigenvalue weighted by molar-refractivity contribution is -0.145. The molecule has 2 amide bonds. The second-order valence-electron chi connectivity index (χ2n) is 6.64. The average molecular weight is 401 g/mol. The maximum absolute atomic E-state index is 12.9. The van der Waals surface area contributed by atoms with Gasteiger partial charge in [0, 0.05) is 22.5 Å². The van der Waals surface area contributed by atoms with Gasteiger partial charge in [-0.05, 0) is 42.8 Å². The highest BCUT2D eigenvalue weighted by Crippen LogP contribution is 2.46. The van der Waals surface area contributed by atoms with Crippen molar-refractivity contribution in [2.75, 3.05) is 5.32 Å². The molecular formula is C19H17BrN2O3. The summed E-state index contributed by atoms with van der Waals surface area (Å²) in [5.74, 6) is -0.880. The number of anilines is 1. The second-order valence-corrected chi connectivity index (χ2v) is 7.56. The van der Waals surface area contributed by atoms with Crippen LogP contribution in [-0.4, -0.2) is 17.5 Å². The van der Waals surface area contributed by atoms with Crippen molar-refractivity contribution in [3.63, 3.8) is 0 Å². The van der Waals surface area contributed by atoms with Crippen LogP contribution in [-0.2, 0) is 9.59 Å². The number of halogens is 1. The van der Waals surface area contributed by atoms with Gasteiger partial charge in [0.1, 0.15) is 11.7 Å². The summed E-state index contributed by atoms with van der Waals surface area (Å²) in [7, 11) is 0. The summed E-state index contributed by atoms with van der Waals surface area (Å²) in [4.78, 5) is 25.5. The van der Waals surface area contributed by atoms with Crippen molar-refractivity contribution in [3.05, 3.63) is 58.6 Å². The lowest BCUT2D eigenvalue weighted by Gasteiger charge is -2.46. The van der Waals surface area contributed by atoms with Crippen LogP contribution in [0.25, 0.3) is 0 Å². The van der Waals surface area contributed by atoms with Crippen LogP contribution in [0.5, 0.6) is 5.75 Å². The van der Waals surface area contributed by atoms with Crippen LogP contribution in [0, 0.1) is 5.92 Å². The standard InChI is InChI=1S/C19H17BrN2O3/c1-19-10-14(13-4-2-3-5-15(13)25-19)16(18(24)22-19)17(23)21-12-8-6-11(20)7-9-12/h2-9,14,16H,10H2,1H3,(H,21,23)(H,22,24)/t14-,16+,19-/m0/s1. The largest absolute Gasteiger partial charge is 0.468 e. The molecule has 2 aromatic rings. The summed E-state index contributed by atoms with van der Waals surface area (Å²) < 4.78 is 6.88. The molecule has 3 atom stereocenters. The monoisotopic (exact) mass is 400 g/mol. The topological polar surface area (TPSA) is 67.4 Å². The number of para-hydroxylation sites is 1. The van der Waals surface area contributed by atoms with Gasteiger partial charge >= 0.3 is 0 Å². The number of nitrogens with one attached hydrogen (secondary N) is 2. The molecular weight excluding hydrogens is 384 g/mol. The molecule has 1 fully saturated rings. The Morgan fingerprint density at radius 2 is 1.96 bits per heavy atom. The van der Waals surface area contributed by atoms with Crippen LogP contribution in [0.4, 0.5) is 5.69 Å². The van der Waals surface area contributed by atoms with Crippen molar-refractivity contribution in [2.24, 2.45) is 5.92 Å². The van der Waals surface area contributed by atoms with Gasteiger partial charge in [-0.2, -0.15) is 0 Å². The van der Waals surface area contributed by atoms with Crippen molar-refractivity contribution in [1.29, 1.82) is 0 Å². The Labute approximate surface area is 153 Å². The van der Waals surface area contributed by atoms with E-state index in [1.807, 2.05) is 43.3 Å². The van der Waals surface area contributed by atoms with E-state index < -0.39 is 11.6 Å². The molecule has 1 saturated heterocycles. The highest BCUT2D eigenvalue weighted by molar-refractivity contribution is 9.10. The molecule has 0 saturated carbocycles. The predicted molar refractivity (Wildman–Crippen MR) is 97.2 cm³/mol. The fourth-order valence-electron chi connectivity index (χ4n) is 3.64.